The van der Waals surface area contributed by atoms with Crippen LogP contribution in [0.5, 0.6) is 5.75 Å². The summed E-state index contributed by atoms with van der Waals surface area (Å²) < 4.78 is 5.16. The van der Waals surface area contributed by atoms with Gasteiger partial charge in [0.05, 0.1) is 0 Å². The molecule has 0 aromatic heterocycles. The maximum absolute atomic E-state index is 11.2. The van der Waals surface area contributed by atoms with Crippen molar-refractivity contribution in [2.75, 3.05) is 5.88 Å². The van der Waals surface area contributed by atoms with Crippen LogP contribution in [0.4, 0.5) is 0 Å². The fourth-order valence-electron chi connectivity index (χ4n) is 1.49. The van der Waals surface area contributed by atoms with E-state index in [2.05, 4.69) is 6.07 Å². The third-order valence-electron chi connectivity index (χ3n) is 2.22. The summed E-state index contributed by atoms with van der Waals surface area (Å²) >= 11 is 5.42. The monoisotopic (exact) mass is 245 g/mol. The summed E-state index contributed by atoms with van der Waals surface area (Å²) in [6.07, 6.45) is 0. The van der Waals surface area contributed by atoms with Crippen LogP contribution in [-0.4, -0.2) is 11.8 Å². The Morgan fingerprint density at radius 2 is 1.94 bits per heavy atom. The first-order chi connectivity index (χ1) is 8.31. The fourth-order valence-corrected chi connectivity index (χ4v) is 1.54. The van der Waals surface area contributed by atoms with Gasteiger partial charge in [0.2, 0.25) is 0 Å². The first-order valence-electron chi connectivity index (χ1n) is 5.14. The molecular formula is C14H10ClO2. The van der Waals surface area contributed by atoms with E-state index in [1.165, 1.54) is 0 Å². The molecule has 0 aliphatic heterocycles. The zero-order valence-corrected chi connectivity index (χ0v) is 9.78. The lowest BCUT2D eigenvalue weighted by molar-refractivity contribution is -0.131. The maximum Gasteiger partial charge on any atom is 0.326 e. The van der Waals surface area contributed by atoms with Crippen LogP contribution >= 0.6 is 11.6 Å². The molecule has 3 heteroatoms. The molecule has 0 unspecified atom stereocenters. The number of carbonyl (C=O) groups is 1. The molecule has 0 atom stereocenters. The molecule has 0 heterocycles. The number of hydrogen-bond donors (Lipinski definition) is 0. The molecule has 0 spiro atoms. The van der Waals surface area contributed by atoms with Crippen molar-refractivity contribution in [1.29, 1.82) is 0 Å². The van der Waals surface area contributed by atoms with Crippen LogP contribution in [0, 0.1) is 6.07 Å². The van der Waals surface area contributed by atoms with Crippen molar-refractivity contribution in [2.45, 2.75) is 0 Å². The molecule has 2 nitrogen and oxygen atoms in total. The van der Waals surface area contributed by atoms with Gasteiger partial charge in [-0.05, 0) is 17.7 Å². The van der Waals surface area contributed by atoms with Crippen LogP contribution in [0.15, 0.2) is 48.5 Å². The second-order valence-electron chi connectivity index (χ2n) is 3.38. The molecule has 0 bridgehead atoms. The smallest absolute Gasteiger partial charge is 0.326 e. The standard InChI is InChI=1S/C14H10ClO2/c15-10-14(16)17-13-9-5-4-8-12(13)11-6-2-1-3-7-11/h1-6,8-9H,10H2. The Morgan fingerprint density at radius 1 is 1.18 bits per heavy atom. The first-order valence-corrected chi connectivity index (χ1v) is 5.67. The second-order valence-corrected chi connectivity index (χ2v) is 3.65. The molecule has 2 aromatic carbocycles. The van der Waals surface area contributed by atoms with E-state index in [4.69, 9.17) is 16.3 Å². The van der Waals surface area contributed by atoms with Gasteiger partial charge in [0, 0.05) is 5.56 Å². The summed E-state index contributed by atoms with van der Waals surface area (Å²) in [5.41, 5.74) is 1.71. The number of ether oxygens (including phenoxy) is 1. The fraction of sp³-hybridized carbons (Fsp3) is 0.0714. The van der Waals surface area contributed by atoms with Crippen molar-refractivity contribution in [2.24, 2.45) is 0 Å². The molecule has 0 amide bonds. The summed E-state index contributed by atoms with van der Waals surface area (Å²) in [5.74, 6) is -0.122. The summed E-state index contributed by atoms with van der Waals surface area (Å²) in [4.78, 5) is 11.2. The number of rotatable bonds is 3. The minimum absolute atomic E-state index is 0.160. The molecule has 1 radical (unpaired) electrons. The minimum atomic E-state index is -0.463. The van der Waals surface area contributed by atoms with E-state index < -0.39 is 5.97 Å². The van der Waals surface area contributed by atoms with Gasteiger partial charge in [-0.3, -0.25) is 4.79 Å². The molecule has 0 N–H and O–H groups in total. The van der Waals surface area contributed by atoms with Gasteiger partial charge < -0.3 is 4.74 Å². The topological polar surface area (TPSA) is 26.3 Å². The number of benzene rings is 2. The number of esters is 1. The van der Waals surface area contributed by atoms with Gasteiger partial charge in [0.15, 0.2) is 0 Å². The zero-order chi connectivity index (χ0) is 12.1. The van der Waals surface area contributed by atoms with Gasteiger partial charge >= 0.3 is 5.97 Å². The zero-order valence-electron chi connectivity index (χ0n) is 9.02. The van der Waals surface area contributed by atoms with Gasteiger partial charge in [0.25, 0.3) is 0 Å². The summed E-state index contributed by atoms with van der Waals surface area (Å²) in [5, 5.41) is 0. The van der Waals surface area contributed by atoms with E-state index in [0.717, 1.165) is 11.1 Å². The highest BCUT2D eigenvalue weighted by atomic mass is 35.5. The van der Waals surface area contributed by atoms with Gasteiger partial charge in [0.1, 0.15) is 11.6 Å². The maximum atomic E-state index is 11.2. The van der Waals surface area contributed by atoms with Gasteiger partial charge in [-0.1, -0.05) is 42.5 Å². The molecule has 0 fully saturated rings. The van der Waals surface area contributed by atoms with Crippen LogP contribution in [-0.2, 0) is 4.79 Å². The molecule has 0 aliphatic rings. The molecule has 0 saturated carbocycles. The van der Waals surface area contributed by atoms with E-state index in [9.17, 15) is 4.79 Å². The lowest BCUT2D eigenvalue weighted by Gasteiger charge is -2.08. The van der Waals surface area contributed by atoms with E-state index in [-0.39, 0.29) is 5.88 Å². The van der Waals surface area contributed by atoms with E-state index in [1.54, 1.807) is 6.07 Å². The average Bonchev–Trinajstić information content (AvgIpc) is 2.40. The van der Waals surface area contributed by atoms with Crippen LogP contribution in [0.1, 0.15) is 0 Å². The quantitative estimate of drug-likeness (QED) is 0.471. The first kappa shape index (κ1) is 11.7. The predicted octanol–water partition coefficient (Wildman–Crippen LogP) is 3.30. The number of para-hydroxylation sites is 1. The van der Waals surface area contributed by atoms with Crippen molar-refractivity contribution in [3.8, 4) is 16.9 Å². The second kappa shape index (κ2) is 5.51. The molecule has 17 heavy (non-hydrogen) atoms. The van der Waals surface area contributed by atoms with Crippen LogP contribution in [0.2, 0.25) is 0 Å². The minimum Gasteiger partial charge on any atom is -0.425 e. The predicted molar refractivity (Wildman–Crippen MR) is 67.1 cm³/mol. The van der Waals surface area contributed by atoms with Crippen molar-refractivity contribution in [3.05, 3.63) is 54.6 Å². The Kier molecular flexibility index (Phi) is 3.78. The normalized spacial score (nSPS) is 9.94. The Hall–Kier alpha value is -1.80. The molecule has 2 rings (SSSR count). The Morgan fingerprint density at radius 3 is 2.65 bits per heavy atom. The summed E-state index contributed by atoms with van der Waals surface area (Å²) in [6, 6.07) is 17.9. The van der Waals surface area contributed by atoms with Gasteiger partial charge in [-0.15, -0.1) is 11.6 Å². The summed E-state index contributed by atoms with van der Waals surface area (Å²) in [7, 11) is 0. The third kappa shape index (κ3) is 2.86. The van der Waals surface area contributed by atoms with Crippen LogP contribution in [0.25, 0.3) is 11.1 Å². The number of carbonyl (C=O) groups excluding carboxylic acids is 1. The van der Waals surface area contributed by atoms with Crippen molar-refractivity contribution >= 4 is 17.6 Å². The highest BCUT2D eigenvalue weighted by Gasteiger charge is 2.09. The molecule has 0 aliphatic carbocycles. The van der Waals surface area contributed by atoms with Gasteiger partial charge in [-0.25, -0.2) is 0 Å². The SMILES string of the molecule is O=C(CCl)Oc1ccccc1-c1[c]cccc1. The lowest BCUT2D eigenvalue weighted by Crippen LogP contribution is -2.09. The largest absolute Gasteiger partial charge is 0.425 e. The third-order valence-corrected chi connectivity index (χ3v) is 2.44. The number of alkyl halides is 1. The van der Waals surface area contributed by atoms with Crippen LogP contribution in [0.3, 0.4) is 0 Å². The van der Waals surface area contributed by atoms with Crippen LogP contribution < -0.4 is 4.74 Å². The molecule has 0 saturated heterocycles. The molecule has 2 aromatic rings. The Balaban J connectivity index is 2.38. The van der Waals surface area contributed by atoms with E-state index in [1.807, 2.05) is 42.5 Å². The van der Waals surface area contributed by atoms with Crippen molar-refractivity contribution in [1.82, 2.24) is 0 Å². The van der Waals surface area contributed by atoms with Gasteiger partial charge in [-0.2, -0.15) is 0 Å². The Bertz CT molecular complexity index is 509. The highest BCUT2D eigenvalue weighted by Crippen LogP contribution is 2.29. The van der Waals surface area contributed by atoms with Crippen molar-refractivity contribution in [3.63, 3.8) is 0 Å². The van der Waals surface area contributed by atoms with Crippen molar-refractivity contribution < 1.29 is 9.53 Å². The Labute approximate surface area is 105 Å². The lowest BCUT2D eigenvalue weighted by atomic mass is 10.1. The van der Waals surface area contributed by atoms with E-state index in [0.29, 0.717) is 5.75 Å². The van der Waals surface area contributed by atoms with E-state index >= 15 is 0 Å². The summed E-state index contributed by atoms with van der Waals surface area (Å²) in [6.45, 7) is 0. The number of halogens is 1. The average molecular weight is 246 g/mol. The number of hydrogen-bond acceptors (Lipinski definition) is 2. The molecule has 85 valence electrons. The molecular weight excluding hydrogens is 236 g/mol. The highest BCUT2D eigenvalue weighted by molar-refractivity contribution is 6.26.